The number of methoxy groups -OCH3 is 1. The highest BCUT2D eigenvalue weighted by molar-refractivity contribution is 5.89. The van der Waals surface area contributed by atoms with Gasteiger partial charge in [-0.1, -0.05) is 0 Å². The summed E-state index contributed by atoms with van der Waals surface area (Å²) in [6.07, 6.45) is -7.10. The highest BCUT2D eigenvalue weighted by Crippen LogP contribution is 2.42. The van der Waals surface area contributed by atoms with E-state index in [1.54, 1.807) is 0 Å². The van der Waals surface area contributed by atoms with Crippen molar-refractivity contribution < 1.29 is 71.4 Å². The van der Waals surface area contributed by atoms with Crippen LogP contribution in [0.15, 0.2) is 11.8 Å². The standard InChI is InChI=1S/C25H32O15/c1-11(27)33-10-18-20(36-12(2)28)21(37-13(3)29)22(38-14(4)30)25(39-18)40-24-19(17-9-34-17)15(6-7-26)16(8-35-24)23(31)32-5/h7-8,15,17-22,24-25H,6,9-10H2,1-5H3/t15-,17+,18-,19+,20-,21+,22-,24+,25+/m1/s1. The second-order valence-electron chi connectivity index (χ2n) is 9.23. The van der Waals surface area contributed by atoms with Gasteiger partial charge in [0, 0.05) is 40.0 Å². The second kappa shape index (κ2) is 13.7. The average Bonchev–Trinajstić information content (AvgIpc) is 3.70. The molecule has 3 heterocycles. The first-order chi connectivity index (χ1) is 19.0. The van der Waals surface area contributed by atoms with E-state index >= 15 is 0 Å². The molecular weight excluding hydrogens is 540 g/mol. The van der Waals surface area contributed by atoms with Gasteiger partial charge in [-0.15, -0.1) is 0 Å². The summed E-state index contributed by atoms with van der Waals surface area (Å²) in [7, 11) is 1.18. The topological polar surface area (TPSA) is 189 Å². The van der Waals surface area contributed by atoms with Crippen LogP contribution in [0.25, 0.3) is 0 Å². The summed E-state index contributed by atoms with van der Waals surface area (Å²) in [6, 6.07) is 0. The summed E-state index contributed by atoms with van der Waals surface area (Å²) in [4.78, 5) is 71.5. The fraction of sp³-hybridized carbons (Fsp3) is 0.680. The maximum absolute atomic E-state index is 12.4. The first kappa shape index (κ1) is 31.0. The average molecular weight is 573 g/mol. The van der Waals surface area contributed by atoms with Gasteiger partial charge < -0.3 is 47.4 Å². The summed E-state index contributed by atoms with van der Waals surface area (Å²) >= 11 is 0. The lowest BCUT2D eigenvalue weighted by atomic mass is 9.80. The highest BCUT2D eigenvalue weighted by Gasteiger charge is 2.56. The van der Waals surface area contributed by atoms with Crippen molar-refractivity contribution >= 4 is 36.1 Å². The molecule has 15 nitrogen and oxygen atoms in total. The number of ether oxygens (including phenoxy) is 9. The molecule has 3 rings (SSSR count). The Labute approximate surface area is 229 Å². The van der Waals surface area contributed by atoms with Gasteiger partial charge in [0.25, 0.3) is 0 Å². The number of esters is 5. The normalized spacial score (nSPS) is 32.8. The molecule has 9 atom stereocenters. The number of carbonyl (C=O) groups excluding carboxylic acids is 6. The summed E-state index contributed by atoms with van der Waals surface area (Å²) in [5, 5.41) is 0. The third-order valence-electron chi connectivity index (χ3n) is 6.28. The quantitative estimate of drug-likeness (QED) is 0.136. The lowest BCUT2D eigenvalue weighted by molar-refractivity contribution is -0.344. The minimum Gasteiger partial charge on any atom is -0.471 e. The van der Waals surface area contributed by atoms with Crippen LogP contribution in [-0.4, -0.2) is 99.6 Å². The largest absolute Gasteiger partial charge is 0.471 e. The first-order valence-corrected chi connectivity index (χ1v) is 12.4. The lowest BCUT2D eigenvalue weighted by Gasteiger charge is -2.46. The predicted molar refractivity (Wildman–Crippen MR) is 125 cm³/mol. The summed E-state index contributed by atoms with van der Waals surface area (Å²) in [5.41, 5.74) is 0.0940. The molecule has 0 aromatic rings. The Hall–Kier alpha value is -3.56. The van der Waals surface area contributed by atoms with Crippen LogP contribution in [0, 0.1) is 11.8 Å². The van der Waals surface area contributed by atoms with E-state index in [2.05, 4.69) is 0 Å². The maximum atomic E-state index is 12.4. The molecule has 15 heteroatoms. The van der Waals surface area contributed by atoms with Gasteiger partial charge in [-0.3, -0.25) is 19.2 Å². The number of hydrogen-bond acceptors (Lipinski definition) is 15. The van der Waals surface area contributed by atoms with Gasteiger partial charge in [-0.25, -0.2) is 4.79 Å². The van der Waals surface area contributed by atoms with E-state index in [0.29, 0.717) is 6.29 Å². The lowest BCUT2D eigenvalue weighted by Crippen LogP contribution is -2.63. The van der Waals surface area contributed by atoms with Crippen molar-refractivity contribution in [1.29, 1.82) is 0 Å². The number of rotatable bonds is 11. The van der Waals surface area contributed by atoms with Gasteiger partial charge in [-0.2, -0.15) is 0 Å². The van der Waals surface area contributed by atoms with Gasteiger partial charge in [0.15, 0.2) is 18.3 Å². The molecule has 0 aliphatic carbocycles. The van der Waals surface area contributed by atoms with E-state index in [1.807, 2.05) is 0 Å². The van der Waals surface area contributed by atoms with Crippen LogP contribution in [-0.2, 0) is 71.4 Å². The Balaban J connectivity index is 2.00. The van der Waals surface area contributed by atoms with Crippen molar-refractivity contribution in [2.24, 2.45) is 11.8 Å². The molecule has 0 unspecified atom stereocenters. The second-order valence-corrected chi connectivity index (χ2v) is 9.23. The van der Waals surface area contributed by atoms with E-state index in [-0.39, 0.29) is 18.6 Å². The molecule has 3 aliphatic rings. The molecule has 0 N–H and O–H groups in total. The zero-order valence-corrected chi connectivity index (χ0v) is 22.6. The molecule has 2 fully saturated rings. The van der Waals surface area contributed by atoms with Gasteiger partial charge in [0.2, 0.25) is 12.6 Å². The fourth-order valence-electron chi connectivity index (χ4n) is 4.69. The van der Waals surface area contributed by atoms with E-state index in [1.165, 1.54) is 7.11 Å². The van der Waals surface area contributed by atoms with Crippen molar-refractivity contribution in [1.82, 2.24) is 0 Å². The van der Waals surface area contributed by atoms with Gasteiger partial charge >= 0.3 is 29.8 Å². The van der Waals surface area contributed by atoms with Crippen LogP contribution in [0.1, 0.15) is 34.1 Å². The zero-order chi connectivity index (χ0) is 29.6. The van der Waals surface area contributed by atoms with Crippen molar-refractivity contribution in [3.63, 3.8) is 0 Å². The number of epoxide rings is 1. The molecular formula is C25H32O15. The number of aldehydes is 1. The molecule has 0 aromatic carbocycles. The van der Waals surface area contributed by atoms with E-state index < -0.39 is 91.4 Å². The number of hydrogen-bond donors (Lipinski definition) is 0. The molecule has 2 saturated heterocycles. The van der Waals surface area contributed by atoms with Crippen LogP contribution in [0.3, 0.4) is 0 Å². The Bertz CT molecular complexity index is 1020. The van der Waals surface area contributed by atoms with Crippen molar-refractivity contribution in [3.05, 3.63) is 11.8 Å². The van der Waals surface area contributed by atoms with Crippen LogP contribution >= 0.6 is 0 Å². The Morgan fingerprint density at radius 1 is 0.900 bits per heavy atom. The third-order valence-corrected chi connectivity index (χ3v) is 6.28. The van der Waals surface area contributed by atoms with Gasteiger partial charge in [0.05, 0.1) is 37.6 Å². The number of carbonyl (C=O) groups is 6. The van der Waals surface area contributed by atoms with Crippen molar-refractivity contribution in [2.75, 3.05) is 20.3 Å². The summed E-state index contributed by atoms with van der Waals surface area (Å²) in [6.45, 7) is 4.28. The SMILES string of the molecule is COC(=O)C1=CO[C@@H](O[C@@H]2O[C@H](COC(C)=O)[C@@H](OC(C)=O)[C@H](OC(C)=O)[C@H]2OC(C)=O)[C@H]([C@@H]2CO2)[C@@H]1CC=O. The van der Waals surface area contributed by atoms with Crippen LogP contribution in [0.2, 0.25) is 0 Å². The van der Waals surface area contributed by atoms with Crippen LogP contribution < -0.4 is 0 Å². The fourth-order valence-corrected chi connectivity index (χ4v) is 4.69. The van der Waals surface area contributed by atoms with Gasteiger partial charge in [-0.05, 0) is 0 Å². The monoisotopic (exact) mass is 572 g/mol. The van der Waals surface area contributed by atoms with Crippen LogP contribution in [0.4, 0.5) is 0 Å². The summed E-state index contributed by atoms with van der Waals surface area (Å²) in [5.74, 6) is -5.20. The molecule has 0 aromatic heterocycles. The molecule has 0 bridgehead atoms. The highest BCUT2D eigenvalue weighted by atomic mass is 16.8. The zero-order valence-electron chi connectivity index (χ0n) is 22.6. The van der Waals surface area contributed by atoms with E-state index in [4.69, 9.17) is 42.6 Å². The molecule has 222 valence electrons. The first-order valence-electron chi connectivity index (χ1n) is 12.4. The van der Waals surface area contributed by atoms with Crippen molar-refractivity contribution in [2.45, 2.75) is 77.2 Å². The summed E-state index contributed by atoms with van der Waals surface area (Å²) < 4.78 is 49.3. The maximum Gasteiger partial charge on any atom is 0.337 e. The van der Waals surface area contributed by atoms with E-state index in [0.717, 1.165) is 34.0 Å². The molecule has 40 heavy (non-hydrogen) atoms. The third kappa shape index (κ3) is 7.76. The minimum absolute atomic E-state index is 0.0900. The minimum atomic E-state index is -1.53. The molecule has 0 amide bonds. The molecule has 0 radical (unpaired) electrons. The van der Waals surface area contributed by atoms with Crippen LogP contribution in [0.5, 0.6) is 0 Å². The molecule has 3 aliphatic heterocycles. The van der Waals surface area contributed by atoms with Crippen molar-refractivity contribution in [3.8, 4) is 0 Å². The molecule has 0 saturated carbocycles. The van der Waals surface area contributed by atoms with E-state index in [9.17, 15) is 28.8 Å². The van der Waals surface area contributed by atoms with Gasteiger partial charge in [0.1, 0.15) is 19.0 Å². The Morgan fingerprint density at radius 2 is 1.50 bits per heavy atom. The Kier molecular flexibility index (Phi) is 10.6. The predicted octanol–water partition coefficient (Wildman–Crippen LogP) is -0.280. The smallest absolute Gasteiger partial charge is 0.337 e. The Morgan fingerprint density at radius 3 is 2.02 bits per heavy atom. The molecule has 0 spiro atoms.